The van der Waals surface area contributed by atoms with Crippen LogP contribution in [-0.2, 0) is 49.5 Å². The van der Waals surface area contributed by atoms with Crippen molar-refractivity contribution in [3.8, 4) is 28.3 Å². The van der Waals surface area contributed by atoms with Gasteiger partial charge < -0.3 is 33.5 Å². The zero-order chi connectivity index (χ0) is 45.7. The van der Waals surface area contributed by atoms with Gasteiger partial charge in [-0.2, -0.15) is 5.26 Å². The lowest BCUT2D eigenvalue weighted by atomic mass is 9.98. The lowest BCUT2D eigenvalue weighted by molar-refractivity contribution is 0.0258. The van der Waals surface area contributed by atoms with Gasteiger partial charge in [0.1, 0.15) is 23.0 Å². The molecule has 1 N–H and O–H groups in total. The molecule has 4 heterocycles. The van der Waals surface area contributed by atoms with E-state index in [9.17, 15) is 23.5 Å². The van der Waals surface area contributed by atoms with Crippen LogP contribution < -0.4 is 0 Å². The zero-order valence-electron chi connectivity index (χ0n) is 36.9. The second-order valence-electron chi connectivity index (χ2n) is 16.6. The Kier molecular flexibility index (Phi) is 16.0. The molecule has 2 fully saturated rings. The highest BCUT2D eigenvalue weighted by Gasteiger charge is 2.30. The molecule has 6 aromatic rings. The molecule has 8 rings (SSSR count). The fourth-order valence-electron chi connectivity index (χ4n) is 8.36. The maximum absolute atomic E-state index is 14.8. The van der Waals surface area contributed by atoms with Crippen molar-refractivity contribution in [2.45, 2.75) is 70.1 Å². The van der Waals surface area contributed by atoms with Crippen LogP contribution in [0.4, 0.5) is 8.78 Å². The number of ether oxygens (including phenoxy) is 2. The minimum atomic E-state index is -0.316. The van der Waals surface area contributed by atoms with Crippen molar-refractivity contribution >= 4 is 11.8 Å². The second-order valence-corrected chi connectivity index (χ2v) is 16.6. The van der Waals surface area contributed by atoms with Crippen LogP contribution in [0.25, 0.3) is 22.3 Å². The maximum Gasteiger partial charge on any atom is 0.274 e. The van der Waals surface area contributed by atoms with Gasteiger partial charge in [0.25, 0.3) is 11.8 Å². The maximum atomic E-state index is 14.8. The van der Waals surface area contributed by atoms with Gasteiger partial charge in [0.2, 0.25) is 0 Å². The minimum absolute atomic E-state index is 0.0380. The summed E-state index contributed by atoms with van der Waals surface area (Å²) in [5.41, 5.74) is 6.94. The molecule has 0 unspecified atom stereocenters. The van der Waals surface area contributed by atoms with Crippen LogP contribution in [0.3, 0.4) is 0 Å². The molecular weight excluding hydrogens is 829 g/mol. The lowest BCUT2D eigenvalue weighted by Gasteiger charge is -2.34. The predicted molar refractivity (Wildman–Crippen MR) is 242 cm³/mol. The van der Waals surface area contributed by atoms with Crippen LogP contribution in [0.15, 0.2) is 110 Å². The number of imidazole rings is 2. The molecule has 2 aliphatic heterocycles. The van der Waals surface area contributed by atoms with Crippen molar-refractivity contribution in [1.29, 1.82) is 5.26 Å². The van der Waals surface area contributed by atoms with Crippen molar-refractivity contribution in [3.05, 3.63) is 155 Å². The van der Waals surface area contributed by atoms with E-state index in [0.29, 0.717) is 81.3 Å². The van der Waals surface area contributed by atoms with Crippen molar-refractivity contribution < 1.29 is 33.0 Å². The molecule has 2 saturated heterocycles. The summed E-state index contributed by atoms with van der Waals surface area (Å²) in [6.07, 6.45) is 11.3. The molecular formula is C51H55F2N7O5. The molecule has 338 valence electrons. The number of aliphatic hydroxyl groups is 1. The molecule has 2 aliphatic rings. The van der Waals surface area contributed by atoms with Crippen molar-refractivity contribution in [3.63, 3.8) is 0 Å². The average molecular weight is 884 g/mol. The summed E-state index contributed by atoms with van der Waals surface area (Å²) in [6.45, 7) is 3.22. The molecule has 2 aromatic heterocycles. The Bertz CT molecular complexity index is 2590. The summed E-state index contributed by atoms with van der Waals surface area (Å²) >= 11 is 0. The van der Waals surface area contributed by atoms with E-state index in [4.69, 9.17) is 14.7 Å². The van der Waals surface area contributed by atoms with Gasteiger partial charge >= 0.3 is 0 Å². The minimum Gasteiger partial charge on any atom is -0.396 e. The molecule has 0 atom stereocenters. The topological polar surface area (TPSA) is 139 Å². The Balaban J connectivity index is 0.000000194. The largest absolute Gasteiger partial charge is 0.396 e. The molecule has 0 saturated carbocycles. The van der Waals surface area contributed by atoms with Crippen molar-refractivity contribution in [2.75, 3.05) is 33.0 Å². The molecule has 12 nitrogen and oxygen atoms in total. The first-order valence-corrected chi connectivity index (χ1v) is 22.1. The van der Waals surface area contributed by atoms with Gasteiger partial charge in [-0.25, -0.2) is 18.7 Å². The van der Waals surface area contributed by atoms with Gasteiger partial charge in [-0.05, 0) is 96.2 Å². The Hall–Kier alpha value is -6.53. The van der Waals surface area contributed by atoms with E-state index in [-0.39, 0.29) is 42.1 Å². The Morgan fingerprint density at radius 3 is 1.52 bits per heavy atom. The van der Waals surface area contributed by atoms with Gasteiger partial charge in [-0.15, -0.1) is 0 Å². The molecule has 14 heteroatoms. The fraction of sp³-hybridized carbons (Fsp3) is 0.353. The van der Waals surface area contributed by atoms with Gasteiger partial charge in [-0.3, -0.25) is 9.59 Å². The van der Waals surface area contributed by atoms with Crippen LogP contribution in [0.2, 0.25) is 0 Å². The summed E-state index contributed by atoms with van der Waals surface area (Å²) in [6, 6.07) is 27.4. The molecule has 4 aromatic carbocycles. The molecule has 2 amide bonds. The van der Waals surface area contributed by atoms with Gasteiger partial charge in [0, 0.05) is 102 Å². The van der Waals surface area contributed by atoms with Gasteiger partial charge in [0.15, 0.2) is 0 Å². The van der Waals surface area contributed by atoms with Crippen LogP contribution in [-0.4, -0.2) is 90.9 Å². The lowest BCUT2D eigenvalue weighted by Crippen LogP contribution is -2.43. The van der Waals surface area contributed by atoms with Gasteiger partial charge in [-0.1, -0.05) is 60.7 Å². The monoisotopic (exact) mass is 883 g/mol. The number of nitriles is 1. The third-order valence-electron chi connectivity index (χ3n) is 11.8. The second kappa shape index (κ2) is 22.4. The number of nitrogens with zero attached hydrogens (tertiary/aromatic N) is 7. The Labute approximate surface area is 378 Å². The van der Waals surface area contributed by atoms with E-state index in [1.54, 1.807) is 46.3 Å². The summed E-state index contributed by atoms with van der Waals surface area (Å²) < 4.78 is 44.0. The molecule has 0 bridgehead atoms. The SMILES string of the molecule is Cn1cnc(C(=O)N(Cc2ccc(F)c(-c3cccc(CCC#N)c3)c2)C2CCOCC2)c1.Cn1cnc(C(=O)N(Cc2ccc(F)c(-c3cccc(CCO)c3)c2)C2CCOCC2)c1. The molecule has 0 radical (unpaired) electrons. The highest BCUT2D eigenvalue weighted by molar-refractivity contribution is 5.93. The van der Waals surface area contributed by atoms with E-state index in [0.717, 1.165) is 59.1 Å². The van der Waals surface area contributed by atoms with Crippen LogP contribution in [0.1, 0.15) is 75.3 Å². The average Bonchev–Trinajstić information content (AvgIpc) is 3.98. The third kappa shape index (κ3) is 12.2. The van der Waals surface area contributed by atoms with Crippen LogP contribution in [0, 0.1) is 23.0 Å². The number of aliphatic hydroxyl groups excluding tert-OH is 1. The number of hydrogen-bond donors (Lipinski definition) is 1. The number of aromatic nitrogens is 4. The summed E-state index contributed by atoms with van der Waals surface area (Å²) in [5, 5.41) is 18.1. The third-order valence-corrected chi connectivity index (χ3v) is 11.8. The fourth-order valence-corrected chi connectivity index (χ4v) is 8.36. The first kappa shape index (κ1) is 46.5. The predicted octanol–water partition coefficient (Wildman–Crippen LogP) is 8.09. The zero-order valence-corrected chi connectivity index (χ0v) is 36.9. The van der Waals surface area contributed by atoms with Crippen LogP contribution >= 0.6 is 0 Å². The van der Waals surface area contributed by atoms with Crippen molar-refractivity contribution in [1.82, 2.24) is 28.9 Å². The van der Waals surface area contributed by atoms with Crippen LogP contribution in [0.5, 0.6) is 0 Å². The number of hydrogen-bond acceptors (Lipinski definition) is 8. The smallest absolute Gasteiger partial charge is 0.274 e. The first-order valence-electron chi connectivity index (χ1n) is 22.1. The van der Waals surface area contributed by atoms with E-state index >= 15 is 0 Å². The number of amides is 2. The summed E-state index contributed by atoms with van der Waals surface area (Å²) in [4.78, 5) is 38.8. The van der Waals surface area contributed by atoms with E-state index in [1.807, 2.05) is 84.6 Å². The Morgan fingerprint density at radius 2 is 1.12 bits per heavy atom. The number of halogens is 2. The normalized spacial score (nSPS) is 14.3. The molecule has 65 heavy (non-hydrogen) atoms. The summed E-state index contributed by atoms with van der Waals surface area (Å²) in [7, 11) is 3.67. The van der Waals surface area contributed by atoms with Gasteiger partial charge in [0.05, 0.1) is 18.7 Å². The number of carbonyl (C=O) groups is 2. The highest BCUT2D eigenvalue weighted by atomic mass is 19.1. The van der Waals surface area contributed by atoms with E-state index in [1.165, 1.54) is 12.1 Å². The highest BCUT2D eigenvalue weighted by Crippen LogP contribution is 2.29. The number of aryl methyl sites for hydroxylation is 3. The van der Waals surface area contributed by atoms with E-state index in [2.05, 4.69) is 16.0 Å². The Morgan fingerprint density at radius 1 is 0.677 bits per heavy atom. The number of benzene rings is 4. The molecule has 0 spiro atoms. The standard InChI is InChI=1S/C26H27FN4O2.C25H28FN3O3/c1-30-17-25(29-18-30)26(32)31(22-9-12-33-13-10-22)16-20-7-8-24(27)23(15-20)21-6-2-4-19(14-21)5-3-11-28;1-28-16-24(27-17-28)25(31)29(21-8-11-32-12-9-21)15-19-5-6-23(26)22(14-19)20-4-2-3-18(13-20)7-10-30/h2,4,6-8,14-15,17-18,22H,3,5,9-10,12-13,16H2,1H3;2-6,13-14,16-17,21,30H,7-12,15H2,1H3. The number of rotatable bonds is 14. The quantitative estimate of drug-likeness (QED) is 0.116. The summed E-state index contributed by atoms with van der Waals surface area (Å²) in [5.74, 6) is -0.895. The van der Waals surface area contributed by atoms with E-state index < -0.39 is 0 Å². The first-order chi connectivity index (χ1) is 31.6. The van der Waals surface area contributed by atoms with Crippen molar-refractivity contribution in [2.24, 2.45) is 14.1 Å². The molecule has 0 aliphatic carbocycles. The number of carbonyl (C=O) groups excluding carboxylic acids is 2.